The molecule has 0 aliphatic carbocycles. The molecule has 0 saturated carbocycles. The van der Waals surface area contributed by atoms with Gasteiger partial charge in [-0.25, -0.2) is 0 Å². The van der Waals surface area contributed by atoms with Crippen molar-refractivity contribution in [2.75, 3.05) is 25.4 Å². The van der Waals surface area contributed by atoms with E-state index in [9.17, 15) is 9.59 Å². The fourth-order valence-electron chi connectivity index (χ4n) is 3.78. The van der Waals surface area contributed by atoms with E-state index in [0.29, 0.717) is 24.4 Å². The first-order valence-electron chi connectivity index (χ1n) is 10.2. The lowest BCUT2D eigenvalue weighted by atomic mass is 10.1. The minimum absolute atomic E-state index is 0.00946. The molecule has 29 heavy (non-hydrogen) atoms. The van der Waals surface area contributed by atoms with Gasteiger partial charge in [0.1, 0.15) is 5.37 Å². The van der Waals surface area contributed by atoms with Crippen molar-refractivity contribution < 1.29 is 14.3 Å². The van der Waals surface area contributed by atoms with Gasteiger partial charge in [-0.15, -0.1) is 11.8 Å². The number of nitrogens with zero attached hydrogens (tertiary/aromatic N) is 1. The van der Waals surface area contributed by atoms with Crippen molar-refractivity contribution in [3.63, 3.8) is 0 Å². The lowest BCUT2D eigenvalue weighted by molar-refractivity contribution is -0.128. The molecule has 2 atom stereocenters. The summed E-state index contributed by atoms with van der Waals surface area (Å²) >= 11 is 1.65. The Morgan fingerprint density at radius 1 is 1.14 bits per heavy atom. The van der Waals surface area contributed by atoms with Crippen LogP contribution >= 0.6 is 11.8 Å². The molecule has 0 spiro atoms. The Balaban J connectivity index is 1.36. The summed E-state index contributed by atoms with van der Waals surface area (Å²) in [6.45, 7) is 2.04. The van der Waals surface area contributed by atoms with Crippen LogP contribution in [0.1, 0.15) is 39.7 Å². The van der Waals surface area contributed by atoms with E-state index >= 15 is 0 Å². The summed E-state index contributed by atoms with van der Waals surface area (Å²) < 4.78 is 5.55. The summed E-state index contributed by atoms with van der Waals surface area (Å²) in [4.78, 5) is 26.7. The average Bonchev–Trinajstić information content (AvgIpc) is 3.41. The van der Waals surface area contributed by atoms with Gasteiger partial charge in [0.2, 0.25) is 5.91 Å². The lowest BCUT2D eigenvalue weighted by Crippen LogP contribution is -2.32. The highest BCUT2D eigenvalue weighted by Gasteiger charge is 2.32. The van der Waals surface area contributed by atoms with Crippen LogP contribution in [0.4, 0.5) is 0 Å². The van der Waals surface area contributed by atoms with Gasteiger partial charge in [-0.2, -0.15) is 0 Å². The van der Waals surface area contributed by atoms with Gasteiger partial charge in [0.15, 0.2) is 0 Å². The molecular weight excluding hydrogens is 384 g/mol. The van der Waals surface area contributed by atoms with Gasteiger partial charge >= 0.3 is 0 Å². The number of amides is 2. The third-order valence-corrected chi connectivity index (χ3v) is 6.68. The monoisotopic (exact) mass is 410 g/mol. The number of benzene rings is 2. The van der Waals surface area contributed by atoms with Gasteiger partial charge in [0, 0.05) is 25.3 Å². The number of carbonyl (C=O) groups excluding carboxylic acids is 2. The smallest absolute Gasteiger partial charge is 0.251 e. The fraction of sp³-hybridized carbons (Fsp3) is 0.391. The molecule has 2 heterocycles. The number of ether oxygens (including phenoxy) is 1. The number of nitrogens with one attached hydrogen (secondary N) is 1. The molecule has 2 aromatic rings. The number of hydrogen-bond donors (Lipinski definition) is 1. The summed E-state index contributed by atoms with van der Waals surface area (Å²) in [7, 11) is 0. The molecule has 2 fully saturated rings. The molecule has 2 aromatic carbocycles. The molecule has 2 unspecified atom stereocenters. The highest BCUT2D eigenvalue weighted by molar-refractivity contribution is 8.00. The molecule has 0 radical (unpaired) electrons. The van der Waals surface area contributed by atoms with E-state index in [1.54, 1.807) is 11.8 Å². The molecule has 5 nitrogen and oxygen atoms in total. The van der Waals surface area contributed by atoms with Crippen LogP contribution in [-0.4, -0.2) is 48.3 Å². The molecule has 2 amide bonds. The molecule has 0 aromatic heterocycles. The maximum atomic E-state index is 12.4. The molecule has 4 rings (SSSR count). The molecule has 2 aliphatic rings. The zero-order valence-electron chi connectivity index (χ0n) is 16.4. The first-order chi connectivity index (χ1) is 14.2. The van der Waals surface area contributed by atoms with Crippen LogP contribution in [0.25, 0.3) is 0 Å². The van der Waals surface area contributed by atoms with Gasteiger partial charge in [0.05, 0.1) is 11.9 Å². The maximum Gasteiger partial charge on any atom is 0.251 e. The number of carbonyl (C=O) groups is 2. The quantitative estimate of drug-likeness (QED) is 0.760. The Morgan fingerprint density at radius 3 is 2.66 bits per heavy atom. The minimum Gasteiger partial charge on any atom is -0.376 e. The summed E-state index contributed by atoms with van der Waals surface area (Å²) in [5.41, 5.74) is 2.93. The number of hydrogen-bond acceptors (Lipinski definition) is 4. The molecule has 0 bridgehead atoms. The standard InChI is InChI=1S/C23H26N2O3S/c26-21-16-29-23(25(21)13-12-17-5-2-1-3-6-17)19-10-8-18(9-11-19)22(27)24-15-20-7-4-14-28-20/h1-3,5-6,8-11,20,23H,4,7,12-16H2,(H,24,27). The van der Waals surface area contributed by atoms with Crippen LogP contribution in [0.2, 0.25) is 0 Å². The zero-order chi connectivity index (χ0) is 20.1. The largest absolute Gasteiger partial charge is 0.376 e. The van der Waals surface area contributed by atoms with Gasteiger partial charge in [0.25, 0.3) is 5.91 Å². The second-order valence-corrected chi connectivity index (χ2v) is 8.52. The average molecular weight is 411 g/mol. The molecule has 2 aliphatic heterocycles. The second-order valence-electron chi connectivity index (χ2n) is 7.45. The zero-order valence-corrected chi connectivity index (χ0v) is 17.2. The molecule has 6 heteroatoms. The van der Waals surface area contributed by atoms with Crippen LogP contribution in [0.3, 0.4) is 0 Å². The van der Waals surface area contributed by atoms with Gasteiger partial charge in [-0.3, -0.25) is 9.59 Å². The SMILES string of the molecule is O=C(NCC1CCCO1)c1ccc(C2SCC(=O)N2CCc2ccccc2)cc1. The Hall–Kier alpha value is -2.31. The lowest BCUT2D eigenvalue weighted by Gasteiger charge is -2.24. The topological polar surface area (TPSA) is 58.6 Å². The first-order valence-corrected chi connectivity index (χ1v) is 11.2. The Kier molecular flexibility index (Phi) is 6.52. The van der Waals surface area contributed by atoms with Crippen molar-refractivity contribution in [2.45, 2.75) is 30.7 Å². The maximum absolute atomic E-state index is 12.4. The normalized spacial score (nSPS) is 21.5. The third-order valence-electron chi connectivity index (χ3n) is 5.42. The van der Waals surface area contributed by atoms with Crippen molar-refractivity contribution >= 4 is 23.6 Å². The first kappa shape index (κ1) is 20.0. The highest BCUT2D eigenvalue weighted by Crippen LogP contribution is 2.38. The Bertz CT molecular complexity index is 835. The van der Waals surface area contributed by atoms with E-state index in [2.05, 4.69) is 17.4 Å². The number of rotatable bonds is 7. The Labute approximate surface area is 175 Å². The fourth-order valence-corrected chi connectivity index (χ4v) is 5.00. The second kappa shape index (κ2) is 9.46. The predicted molar refractivity (Wildman–Crippen MR) is 115 cm³/mol. The van der Waals surface area contributed by atoms with E-state index in [1.807, 2.05) is 47.4 Å². The van der Waals surface area contributed by atoms with Crippen LogP contribution in [0, 0.1) is 0 Å². The van der Waals surface area contributed by atoms with E-state index < -0.39 is 0 Å². The van der Waals surface area contributed by atoms with E-state index in [4.69, 9.17) is 4.74 Å². The summed E-state index contributed by atoms with van der Waals surface area (Å²) in [6.07, 6.45) is 3.05. The summed E-state index contributed by atoms with van der Waals surface area (Å²) in [5, 5.41) is 2.96. The van der Waals surface area contributed by atoms with Crippen molar-refractivity contribution in [1.82, 2.24) is 10.2 Å². The molecule has 2 saturated heterocycles. The molecular formula is C23H26N2O3S. The van der Waals surface area contributed by atoms with Gasteiger partial charge < -0.3 is 15.0 Å². The van der Waals surface area contributed by atoms with Crippen LogP contribution < -0.4 is 5.32 Å². The van der Waals surface area contributed by atoms with Crippen molar-refractivity contribution in [3.05, 3.63) is 71.3 Å². The highest BCUT2D eigenvalue weighted by atomic mass is 32.2. The van der Waals surface area contributed by atoms with E-state index in [-0.39, 0.29) is 23.3 Å². The van der Waals surface area contributed by atoms with Crippen molar-refractivity contribution in [2.24, 2.45) is 0 Å². The van der Waals surface area contributed by atoms with Crippen molar-refractivity contribution in [3.8, 4) is 0 Å². The van der Waals surface area contributed by atoms with E-state index in [0.717, 1.165) is 31.4 Å². The van der Waals surface area contributed by atoms with Gasteiger partial charge in [-0.1, -0.05) is 42.5 Å². The summed E-state index contributed by atoms with van der Waals surface area (Å²) in [5.74, 6) is 0.598. The van der Waals surface area contributed by atoms with Crippen LogP contribution in [0.15, 0.2) is 54.6 Å². The molecule has 152 valence electrons. The minimum atomic E-state index is -0.0804. The van der Waals surface area contributed by atoms with Crippen LogP contribution in [-0.2, 0) is 16.0 Å². The molecule has 1 N–H and O–H groups in total. The third kappa shape index (κ3) is 5.00. The summed E-state index contributed by atoms with van der Waals surface area (Å²) in [6, 6.07) is 17.9. The number of thioether (sulfide) groups is 1. The van der Waals surface area contributed by atoms with Gasteiger partial charge in [-0.05, 0) is 42.5 Å². The van der Waals surface area contributed by atoms with Crippen molar-refractivity contribution in [1.29, 1.82) is 0 Å². The Morgan fingerprint density at radius 2 is 1.93 bits per heavy atom. The van der Waals surface area contributed by atoms with E-state index in [1.165, 1.54) is 5.56 Å². The van der Waals surface area contributed by atoms with Crippen LogP contribution in [0.5, 0.6) is 0 Å². The predicted octanol–water partition coefficient (Wildman–Crippen LogP) is 3.41.